The van der Waals surface area contributed by atoms with Crippen molar-refractivity contribution in [1.29, 1.82) is 0 Å². The fourth-order valence-electron chi connectivity index (χ4n) is 2.00. The number of rotatable bonds is 4. The molecule has 0 atom stereocenters. The SMILES string of the molecule is COc1ccc([N+](=O)[O-])cc1S(=O)(=O)N1CCNCC1. The molecule has 1 aliphatic heterocycles. The van der Waals surface area contributed by atoms with Crippen molar-refractivity contribution >= 4 is 15.7 Å². The molecule has 0 bridgehead atoms. The predicted molar refractivity (Wildman–Crippen MR) is 71.3 cm³/mol. The molecule has 0 saturated carbocycles. The Morgan fingerprint density at radius 2 is 2.00 bits per heavy atom. The summed E-state index contributed by atoms with van der Waals surface area (Å²) in [6, 6.07) is 3.55. The molecule has 0 radical (unpaired) electrons. The van der Waals surface area contributed by atoms with Crippen LogP contribution in [0.2, 0.25) is 0 Å². The molecule has 0 spiro atoms. The number of methoxy groups -OCH3 is 1. The first kappa shape index (κ1) is 14.7. The molecular formula is C11H15N3O5S. The van der Waals surface area contributed by atoms with Crippen LogP contribution in [-0.2, 0) is 10.0 Å². The largest absolute Gasteiger partial charge is 0.495 e. The smallest absolute Gasteiger partial charge is 0.271 e. The van der Waals surface area contributed by atoms with E-state index in [1.54, 1.807) is 0 Å². The van der Waals surface area contributed by atoms with Gasteiger partial charge >= 0.3 is 0 Å². The number of nitro benzene ring substituents is 1. The number of hydrogen-bond donors (Lipinski definition) is 1. The van der Waals surface area contributed by atoms with Crippen molar-refractivity contribution in [2.24, 2.45) is 0 Å². The van der Waals surface area contributed by atoms with Gasteiger partial charge in [0.1, 0.15) is 10.6 Å². The molecule has 1 aromatic rings. The lowest BCUT2D eigenvalue weighted by Crippen LogP contribution is -2.46. The number of ether oxygens (including phenoxy) is 1. The summed E-state index contributed by atoms with van der Waals surface area (Å²) >= 11 is 0. The highest BCUT2D eigenvalue weighted by Gasteiger charge is 2.30. The molecule has 110 valence electrons. The molecule has 0 amide bonds. The van der Waals surface area contributed by atoms with Gasteiger partial charge in [0.15, 0.2) is 0 Å². The first-order valence-corrected chi connectivity index (χ1v) is 7.44. The molecule has 8 nitrogen and oxygen atoms in total. The lowest BCUT2D eigenvalue weighted by Gasteiger charge is -2.27. The fraction of sp³-hybridized carbons (Fsp3) is 0.455. The second-order valence-electron chi connectivity index (χ2n) is 4.25. The van der Waals surface area contributed by atoms with E-state index in [0.29, 0.717) is 26.2 Å². The summed E-state index contributed by atoms with van der Waals surface area (Å²) in [5.74, 6) is 0.106. The van der Waals surface area contributed by atoms with Crippen molar-refractivity contribution in [3.8, 4) is 5.75 Å². The second kappa shape index (κ2) is 5.73. The van der Waals surface area contributed by atoms with E-state index in [-0.39, 0.29) is 16.3 Å². The lowest BCUT2D eigenvalue weighted by atomic mass is 10.3. The zero-order valence-corrected chi connectivity index (χ0v) is 11.7. The van der Waals surface area contributed by atoms with Crippen molar-refractivity contribution in [1.82, 2.24) is 9.62 Å². The Hall–Kier alpha value is -1.71. The fourth-order valence-corrected chi connectivity index (χ4v) is 3.62. The highest BCUT2D eigenvalue weighted by atomic mass is 32.2. The summed E-state index contributed by atoms with van der Waals surface area (Å²) in [6.07, 6.45) is 0. The molecule has 1 saturated heterocycles. The van der Waals surface area contributed by atoms with Crippen molar-refractivity contribution in [3.63, 3.8) is 0 Å². The maximum atomic E-state index is 12.5. The number of piperazine rings is 1. The number of sulfonamides is 1. The van der Waals surface area contributed by atoms with Crippen LogP contribution in [0.4, 0.5) is 5.69 Å². The number of nitrogens with one attached hydrogen (secondary N) is 1. The zero-order chi connectivity index (χ0) is 14.8. The van der Waals surface area contributed by atoms with Crippen molar-refractivity contribution in [2.45, 2.75) is 4.90 Å². The standard InChI is InChI=1S/C11H15N3O5S/c1-19-10-3-2-9(14(15)16)8-11(10)20(17,18)13-6-4-12-5-7-13/h2-3,8,12H,4-7H2,1H3. The minimum Gasteiger partial charge on any atom is -0.495 e. The van der Waals surface area contributed by atoms with E-state index in [0.717, 1.165) is 6.07 Å². The third-order valence-electron chi connectivity index (χ3n) is 3.05. The third kappa shape index (κ3) is 2.74. The summed E-state index contributed by atoms with van der Waals surface area (Å²) in [6.45, 7) is 1.76. The van der Waals surface area contributed by atoms with Crippen LogP contribution in [0.3, 0.4) is 0 Å². The number of hydrogen-bond acceptors (Lipinski definition) is 6. The van der Waals surface area contributed by atoms with Gasteiger partial charge in [-0.15, -0.1) is 0 Å². The molecule has 2 rings (SSSR count). The van der Waals surface area contributed by atoms with Crippen LogP contribution in [0, 0.1) is 10.1 Å². The molecule has 1 heterocycles. The van der Waals surface area contributed by atoms with Crippen molar-refractivity contribution in [3.05, 3.63) is 28.3 Å². The number of nitrogens with zero attached hydrogens (tertiary/aromatic N) is 2. The van der Waals surface area contributed by atoms with E-state index >= 15 is 0 Å². The van der Waals surface area contributed by atoms with E-state index in [1.165, 1.54) is 23.5 Å². The first-order valence-electron chi connectivity index (χ1n) is 6.00. The number of benzene rings is 1. The Bertz CT molecular complexity index is 610. The van der Waals surface area contributed by atoms with Gasteiger partial charge in [-0.25, -0.2) is 8.42 Å². The maximum absolute atomic E-state index is 12.5. The predicted octanol–water partition coefficient (Wildman–Crippen LogP) is 0.197. The Morgan fingerprint density at radius 3 is 2.55 bits per heavy atom. The summed E-state index contributed by atoms with van der Waals surface area (Å²) < 4.78 is 31.4. The Labute approximate surface area is 116 Å². The quantitative estimate of drug-likeness (QED) is 0.629. The summed E-state index contributed by atoms with van der Waals surface area (Å²) in [5, 5.41) is 13.9. The Morgan fingerprint density at radius 1 is 1.35 bits per heavy atom. The topological polar surface area (TPSA) is 102 Å². The Balaban J connectivity index is 2.48. The van der Waals surface area contributed by atoms with Gasteiger partial charge in [-0.1, -0.05) is 0 Å². The van der Waals surface area contributed by atoms with E-state index in [9.17, 15) is 18.5 Å². The van der Waals surface area contributed by atoms with E-state index in [2.05, 4.69) is 5.32 Å². The molecule has 0 unspecified atom stereocenters. The van der Waals surface area contributed by atoms with Gasteiger partial charge in [0.05, 0.1) is 12.0 Å². The van der Waals surface area contributed by atoms with Crippen LogP contribution in [0.25, 0.3) is 0 Å². The molecule has 1 N–H and O–H groups in total. The van der Waals surface area contributed by atoms with Gasteiger partial charge in [0.2, 0.25) is 10.0 Å². The molecule has 1 aromatic carbocycles. The van der Waals surface area contributed by atoms with Crippen molar-refractivity contribution in [2.75, 3.05) is 33.3 Å². The molecule has 1 aliphatic rings. The molecule has 1 fully saturated rings. The van der Waals surface area contributed by atoms with Crippen LogP contribution < -0.4 is 10.1 Å². The Kier molecular flexibility index (Phi) is 4.21. The van der Waals surface area contributed by atoms with Crippen LogP contribution in [0.1, 0.15) is 0 Å². The van der Waals surface area contributed by atoms with Crippen molar-refractivity contribution < 1.29 is 18.1 Å². The minimum absolute atomic E-state index is 0.106. The molecular weight excluding hydrogens is 286 g/mol. The average molecular weight is 301 g/mol. The van der Waals surface area contributed by atoms with E-state index < -0.39 is 14.9 Å². The van der Waals surface area contributed by atoms with E-state index in [1.807, 2.05) is 0 Å². The summed E-state index contributed by atoms with van der Waals surface area (Å²) in [5.41, 5.74) is -0.278. The van der Waals surface area contributed by atoms with Crippen LogP contribution in [0.5, 0.6) is 5.75 Å². The lowest BCUT2D eigenvalue weighted by molar-refractivity contribution is -0.385. The molecule has 0 aromatic heterocycles. The molecule has 9 heteroatoms. The minimum atomic E-state index is -3.80. The summed E-state index contributed by atoms with van der Waals surface area (Å²) in [4.78, 5) is 10.0. The maximum Gasteiger partial charge on any atom is 0.271 e. The molecule has 0 aliphatic carbocycles. The first-order chi connectivity index (χ1) is 9.46. The zero-order valence-electron chi connectivity index (χ0n) is 10.9. The third-order valence-corrected chi connectivity index (χ3v) is 4.97. The van der Waals surface area contributed by atoms with Crippen LogP contribution >= 0.6 is 0 Å². The van der Waals surface area contributed by atoms with Gasteiger partial charge in [-0.05, 0) is 6.07 Å². The van der Waals surface area contributed by atoms with Gasteiger partial charge in [0.25, 0.3) is 5.69 Å². The monoisotopic (exact) mass is 301 g/mol. The highest BCUT2D eigenvalue weighted by Crippen LogP contribution is 2.30. The number of nitro groups is 1. The number of non-ortho nitro benzene ring substituents is 1. The van der Waals surface area contributed by atoms with Gasteiger partial charge in [-0.2, -0.15) is 4.31 Å². The van der Waals surface area contributed by atoms with Crippen LogP contribution in [0.15, 0.2) is 23.1 Å². The van der Waals surface area contributed by atoms with Gasteiger partial charge in [0, 0.05) is 38.3 Å². The van der Waals surface area contributed by atoms with E-state index in [4.69, 9.17) is 4.74 Å². The van der Waals surface area contributed by atoms with Gasteiger partial charge in [-0.3, -0.25) is 10.1 Å². The van der Waals surface area contributed by atoms with Gasteiger partial charge < -0.3 is 10.1 Å². The average Bonchev–Trinajstić information content (AvgIpc) is 2.47. The summed E-state index contributed by atoms with van der Waals surface area (Å²) in [7, 11) is -2.47. The normalized spacial score (nSPS) is 16.9. The molecule has 20 heavy (non-hydrogen) atoms. The second-order valence-corrected chi connectivity index (χ2v) is 6.15. The van der Waals surface area contributed by atoms with Crippen LogP contribution in [-0.4, -0.2) is 50.9 Å². The highest BCUT2D eigenvalue weighted by molar-refractivity contribution is 7.89.